The van der Waals surface area contributed by atoms with Gasteiger partial charge in [0, 0.05) is 27.6 Å². The summed E-state index contributed by atoms with van der Waals surface area (Å²) in [6, 6.07) is 6.48. The fourth-order valence-corrected chi connectivity index (χ4v) is 2.17. The molecular weight excluding hydrogens is 284 g/mol. The van der Waals surface area contributed by atoms with Crippen LogP contribution in [0.25, 0.3) is 0 Å². The molecule has 1 rings (SSSR count). The predicted octanol–water partition coefficient (Wildman–Crippen LogP) is 2.16. The van der Waals surface area contributed by atoms with Gasteiger partial charge in [-0.25, -0.2) is 0 Å². The summed E-state index contributed by atoms with van der Waals surface area (Å²) in [5.41, 5.74) is 6.42. The van der Waals surface area contributed by atoms with Crippen molar-refractivity contribution in [2.75, 3.05) is 11.6 Å². The van der Waals surface area contributed by atoms with Crippen LogP contribution in [0, 0.1) is 5.92 Å². The number of rotatable bonds is 5. The van der Waals surface area contributed by atoms with Gasteiger partial charge in [0.1, 0.15) is 0 Å². The molecule has 4 nitrogen and oxygen atoms in total. The van der Waals surface area contributed by atoms with E-state index in [0.717, 1.165) is 0 Å². The largest absolute Gasteiger partial charge is 0.325 e. The van der Waals surface area contributed by atoms with Crippen LogP contribution in [-0.2, 0) is 15.6 Å². The van der Waals surface area contributed by atoms with Gasteiger partial charge < -0.3 is 11.1 Å². The van der Waals surface area contributed by atoms with Gasteiger partial charge in [0.25, 0.3) is 0 Å². The first-order chi connectivity index (χ1) is 8.40. The average Bonchev–Trinajstić information content (AvgIpc) is 2.28. The molecular formula is C13H21ClN2O2S. The monoisotopic (exact) mass is 304 g/mol. The van der Waals surface area contributed by atoms with Gasteiger partial charge in [-0.1, -0.05) is 19.9 Å². The lowest BCUT2D eigenvalue weighted by Gasteiger charge is -2.14. The molecule has 0 aromatic heterocycles. The van der Waals surface area contributed by atoms with Gasteiger partial charge >= 0.3 is 0 Å². The van der Waals surface area contributed by atoms with E-state index in [-0.39, 0.29) is 18.3 Å². The van der Waals surface area contributed by atoms with E-state index in [0.29, 0.717) is 22.9 Å². The Bertz CT molecular complexity index is 452. The Labute approximate surface area is 123 Å². The molecule has 1 unspecified atom stereocenters. The first-order valence-electron chi connectivity index (χ1n) is 5.90. The Kier molecular flexibility index (Phi) is 7.90. The molecule has 19 heavy (non-hydrogen) atoms. The highest BCUT2D eigenvalue weighted by Gasteiger charge is 2.15. The molecule has 0 fully saturated rings. The molecule has 0 aliphatic carbocycles. The van der Waals surface area contributed by atoms with Crippen molar-refractivity contribution < 1.29 is 9.00 Å². The number of halogens is 1. The van der Waals surface area contributed by atoms with Crippen molar-refractivity contribution in [3.8, 4) is 0 Å². The molecule has 0 spiro atoms. The van der Waals surface area contributed by atoms with Crippen LogP contribution in [0.5, 0.6) is 0 Å². The van der Waals surface area contributed by atoms with E-state index in [4.69, 9.17) is 5.73 Å². The van der Waals surface area contributed by atoms with E-state index in [1.165, 1.54) is 0 Å². The number of hydrogen-bond donors (Lipinski definition) is 2. The lowest BCUT2D eigenvalue weighted by atomic mass is 10.0. The quantitative estimate of drug-likeness (QED) is 0.875. The van der Waals surface area contributed by atoms with Crippen LogP contribution >= 0.6 is 12.4 Å². The lowest BCUT2D eigenvalue weighted by Crippen LogP contribution is -2.36. The maximum Gasteiger partial charge on any atom is 0.241 e. The number of carbonyl (C=O) groups is 1. The topological polar surface area (TPSA) is 72.2 Å². The molecule has 2 atom stereocenters. The molecule has 1 aromatic rings. The van der Waals surface area contributed by atoms with Crippen molar-refractivity contribution in [1.82, 2.24) is 0 Å². The molecule has 0 aliphatic rings. The number of amides is 1. The second kappa shape index (κ2) is 8.30. The van der Waals surface area contributed by atoms with Crippen LogP contribution in [0.4, 0.5) is 5.69 Å². The van der Waals surface area contributed by atoms with Crippen LogP contribution in [0.15, 0.2) is 29.2 Å². The maximum atomic E-state index is 11.8. The number of carbonyl (C=O) groups excluding carboxylic acids is 1. The Morgan fingerprint density at radius 3 is 2.58 bits per heavy atom. The van der Waals surface area contributed by atoms with E-state index >= 15 is 0 Å². The molecule has 0 saturated heterocycles. The van der Waals surface area contributed by atoms with Crippen molar-refractivity contribution in [2.24, 2.45) is 11.7 Å². The normalized spacial score (nSPS) is 13.5. The minimum absolute atomic E-state index is 0. The van der Waals surface area contributed by atoms with Crippen LogP contribution in [0.1, 0.15) is 20.3 Å². The van der Waals surface area contributed by atoms with Crippen molar-refractivity contribution >= 4 is 34.8 Å². The van der Waals surface area contributed by atoms with Crippen molar-refractivity contribution in [3.63, 3.8) is 0 Å². The van der Waals surface area contributed by atoms with Gasteiger partial charge in [0.05, 0.1) is 6.04 Å². The van der Waals surface area contributed by atoms with E-state index in [9.17, 15) is 9.00 Å². The Morgan fingerprint density at radius 1 is 1.42 bits per heavy atom. The zero-order valence-electron chi connectivity index (χ0n) is 11.4. The molecule has 108 valence electrons. The molecule has 6 heteroatoms. The first kappa shape index (κ1) is 18.1. The third-order valence-corrected chi connectivity index (χ3v) is 3.41. The third kappa shape index (κ3) is 6.18. The maximum absolute atomic E-state index is 11.8. The van der Waals surface area contributed by atoms with E-state index < -0.39 is 16.8 Å². The zero-order chi connectivity index (χ0) is 13.7. The van der Waals surface area contributed by atoms with Gasteiger partial charge in [-0.2, -0.15) is 0 Å². The fraction of sp³-hybridized carbons (Fsp3) is 0.462. The highest BCUT2D eigenvalue weighted by atomic mass is 35.5. The van der Waals surface area contributed by atoms with Gasteiger partial charge in [0.2, 0.25) is 5.91 Å². The molecule has 0 saturated carbocycles. The summed E-state index contributed by atoms with van der Waals surface area (Å²) in [6.07, 6.45) is 2.25. The number of nitrogens with two attached hydrogens (primary N) is 1. The van der Waals surface area contributed by atoms with Crippen molar-refractivity contribution in [2.45, 2.75) is 31.2 Å². The molecule has 0 bridgehead atoms. The van der Waals surface area contributed by atoms with E-state index in [1.807, 2.05) is 13.8 Å². The second-order valence-electron chi connectivity index (χ2n) is 4.71. The first-order valence-corrected chi connectivity index (χ1v) is 7.46. The second-order valence-corrected chi connectivity index (χ2v) is 6.09. The van der Waals surface area contributed by atoms with Crippen molar-refractivity contribution in [3.05, 3.63) is 24.3 Å². The third-order valence-electron chi connectivity index (χ3n) is 2.50. The summed E-state index contributed by atoms with van der Waals surface area (Å²) >= 11 is 0. The minimum Gasteiger partial charge on any atom is -0.325 e. The minimum atomic E-state index is -1.06. The van der Waals surface area contributed by atoms with Crippen LogP contribution in [0.3, 0.4) is 0 Å². The summed E-state index contributed by atoms with van der Waals surface area (Å²) in [5.74, 6) is 0.169. The van der Waals surface area contributed by atoms with Crippen LogP contribution in [0.2, 0.25) is 0 Å². The van der Waals surface area contributed by atoms with Gasteiger partial charge in [0.15, 0.2) is 0 Å². The lowest BCUT2D eigenvalue weighted by molar-refractivity contribution is -0.117. The standard InChI is InChI=1S/C13H20N2O2S.ClH/c1-9(2)7-12(14)13(16)15-10-5-4-6-11(8-10)18(3)17;/h4-6,8-9,12H,7,14H2,1-3H3,(H,15,16);1H/t12-,18?;/m0./s1. The van der Waals surface area contributed by atoms with Crippen LogP contribution < -0.4 is 11.1 Å². The van der Waals surface area contributed by atoms with Crippen molar-refractivity contribution in [1.29, 1.82) is 0 Å². The smallest absolute Gasteiger partial charge is 0.241 e. The fourth-order valence-electron chi connectivity index (χ4n) is 1.60. The van der Waals surface area contributed by atoms with Crippen LogP contribution in [-0.4, -0.2) is 22.4 Å². The number of hydrogen-bond acceptors (Lipinski definition) is 3. The van der Waals surface area contributed by atoms with E-state index in [1.54, 1.807) is 30.5 Å². The number of nitrogens with one attached hydrogen (secondary N) is 1. The highest BCUT2D eigenvalue weighted by Crippen LogP contribution is 2.14. The predicted molar refractivity (Wildman–Crippen MR) is 82.1 cm³/mol. The summed E-state index contributed by atoms with van der Waals surface area (Å²) in [6.45, 7) is 4.04. The molecule has 0 radical (unpaired) electrons. The van der Waals surface area contributed by atoms with Gasteiger partial charge in [-0.3, -0.25) is 9.00 Å². The Hall–Kier alpha value is -0.910. The van der Waals surface area contributed by atoms with Gasteiger partial charge in [-0.15, -0.1) is 12.4 Å². The molecule has 1 amide bonds. The molecule has 3 N–H and O–H groups in total. The average molecular weight is 305 g/mol. The van der Waals surface area contributed by atoms with Gasteiger partial charge in [-0.05, 0) is 30.5 Å². The summed E-state index contributed by atoms with van der Waals surface area (Å²) in [7, 11) is -1.06. The molecule has 1 aromatic carbocycles. The summed E-state index contributed by atoms with van der Waals surface area (Å²) in [4.78, 5) is 12.5. The number of anilines is 1. The summed E-state index contributed by atoms with van der Waals surface area (Å²) in [5, 5.41) is 2.74. The number of benzene rings is 1. The zero-order valence-corrected chi connectivity index (χ0v) is 13.0. The summed E-state index contributed by atoms with van der Waals surface area (Å²) < 4.78 is 11.3. The Morgan fingerprint density at radius 2 is 2.05 bits per heavy atom. The Balaban J connectivity index is 0.00000324. The highest BCUT2D eigenvalue weighted by molar-refractivity contribution is 7.84. The molecule has 0 aliphatic heterocycles. The van der Waals surface area contributed by atoms with E-state index in [2.05, 4.69) is 5.32 Å². The SMILES string of the molecule is CC(C)C[C@H](N)C(=O)Nc1cccc(S(C)=O)c1.Cl. The molecule has 0 heterocycles.